The van der Waals surface area contributed by atoms with Crippen LogP contribution in [0.1, 0.15) is 0 Å². The predicted octanol–water partition coefficient (Wildman–Crippen LogP) is 15.0. The van der Waals surface area contributed by atoms with E-state index in [1.807, 2.05) is 0 Å². The van der Waals surface area contributed by atoms with Crippen molar-refractivity contribution in [2.45, 2.75) is 0 Å². The first kappa shape index (κ1) is 32.0. The smallest absolute Gasteiger partial charge is 0.0547 e. The van der Waals surface area contributed by atoms with E-state index in [0.29, 0.717) is 0 Å². The average molecular weight is 713 g/mol. The summed E-state index contributed by atoms with van der Waals surface area (Å²) in [5.74, 6) is 0. The topological polar surface area (TPSA) is 8.17 Å². The van der Waals surface area contributed by atoms with Crippen molar-refractivity contribution in [3.8, 4) is 27.9 Å². The lowest BCUT2D eigenvalue weighted by molar-refractivity contribution is 1.18. The van der Waals surface area contributed by atoms with Gasteiger partial charge in [-0.3, -0.25) is 0 Å². The molecular formula is C54H36N2. The molecule has 0 N–H and O–H groups in total. The number of anilines is 3. The lowest BCUT2D eigenvalue weighted by atomic mass is 9.94. The van der Waals surface area contributed by atoms with Crippen LogP contribution < -0.4 is 4.90 Å². The van der Waals surface area contributed by atoms with Crippen molar-refractivity contribution in [2.24, 2.45) is 0 Å². The third-order valence-electron chi connectivity index (χ3n) is 11.3. The Bertz CT molecular complexity index is 3230. The summed E-state index contributed by atoms with van der Waals surface area (Å²) in [6.07, 6.45) is 0. The second-order valence-electron chi connectivity index (χ2n) is 14.6. The van der Waals surface area contributed by atoms with E-state index in [4.69, 9.17) is 0 Å². The summed E-state index contributed by atoms with van der Waals surface area (Å²) in [4.78, 5) is 2.41. The molecule has 0 fully saturated rings. The van der Waals surface area contributed by atoms with E-state index >= 15 is 0 Å². The summed E-state index contributed by atoms with van der Waals surface area (Å²) >= 11 is 0. The predicted molar refractivity (Wildman–Crippen MR) is 239 cm³/mol. The Balaban J connectivity index is 1.08. The van der Waals surface area contributed by atoms with Crippen molar-refractivity contribution < 1.29 is 0 Å². The standard InChI is InChI=1S/C54H36N2/c1-2-12-37(13-3-1)39-24-26-44(27-25-39)55(53-33-32-47(48-18-8-9-19-49(48)53)43-23-22-38-14-4-5-15-40(38)34-43)45-28-30-46(31-29-45)56-52-21-11-10-20-50(52)51-35-41-16-6-7-17-42(41)36-54(51)56/h1-36H. The largest absolute Gasteiger partial charge is 0.310 e. The Kier molecular flexibility index (Phi) is 7.53. The van der Waals surface area contributed by atoms with Crippen LogP contribution in [-0.4, -0.2) is 4.57 Å². The minimum atomic E-state index is 1.09. The van der Waals surface area contributed by atoms with Crippen LogP contribution in [0.25, 0.3) is 82.1 Å². The Morgan fingerprint density at radius 3 is 1.61 bits per heavy atom. The first-order valence-corrected chi connectivity index (χ1v) is 19.3. The third kappa shape index (κ3) is 5.34. The maximum Gasteiger partial charge on any atom is 0.0547 e. The van der Waals surface area contributed by atoms with E-state index in [0.717, 1.165) is 22.7 Å². The number of hydrogen-bond donors (Lipinski definition) is 0. The SMILES string of the molecule is c1ccc(-c2ccc(N(c3ccc(-n4c5ccccc5c5cc6ccccc6cc54)cc3)c3ccc(-c4ccc5ccccc5c4)c4ccccc34)cc2)cc1. The van der Waals surface area contributed by atoms with Crippen molar-refractivity contribution in [3.63, 3.8) is 0 Å². The monoisotopic (exact) mass is 712 g/mol. The molecule has 0 saturated heterocycles. The molecule has 0 unspecified atom stereocenters. The highest BCUT2D eigenvalue weighted by Crippen LogP contribution is 2.43. The second-order valence-corrected chi connectivity index (χ2v) is 14.6. The van der Waals surface area contributed by atoms with Crippen LogP contribution >= 0.6 is 0 Å². The molecule has 0 atom stereocenters. The van der Waals surface area contributed by atoms with E-state index < -0.39 is 0 Å². The maximum atomic E-state index is 2.41. The number of benzene rings is 10. The van der Waals surface area contributed by atoms with E-state index in [9.17, 15) is 0 Å². The summed E-state index contributed by atoms with van der Waals surface area (Å²) < 4.78 is 2.41. The van der Waals surface area contributed by atoms with Gasteiger partial charge in [-0.15, -0.1) is 0 Å². The molecule has 262 valence electrons. The number of fused-ring (bicyclic) bond motifs is 6. The van der Waals surface area contributed by atoms with Crippen LogP contribution in [-0.2, 0) is 0 Å². The van der Waals surface area contributed by atoms with E-state index in [1.54, 1.807) is 0 Å². The fourth-order valence-corrected chi connectivity index (χ4v) is 8.63. The van der Waals surface area contributed by atoms with Crippen molar-refractivity contribution in [3.05, 3.63) is 218 Å². The zero-order valence-corrected chi connectivity index (χ0v) is 30.7. The van der Waals surface area contributed by atoms with Crippen LogP contribution in [0.15, 0.2) is 218 Å². The average Bonchev–Trinajstić information content (AvgIpc) is 3.59. The molecule has 0 aliphatic heterocycles. The zero-order valence-electron chi connectivity index (χ0n) is 30.7. The summed E-state index contributed by atoms with van der Waals surface area (Å²) in [6.45, 7) is 0. The molecule has 11 aromatic rings. The zero-order chi connectivity index (χ0) is 37.0. The molecule has 1 heterocycles. The number of aromatic nitrogens is 1. The summed E-state index contributed by atoms with van der Waals surface area (Å²) in [6, 6.07) is 79.5. The van der Waals surface area contributed by atoms with Gasteiger partial charge in [-0.05, 0) is 116 Å². The summed E-state index contributed by atoms with van der Waals surface area (Å²) in [7, 11) is 0. The lowest BCUT2D eigenvalue weighted by Gasteiger charge is -2.28. The summed E-state index contributed by atoms with van der Waals surface area (Å²) in [5.41, 5.74) is 11.7. The van der Waals surface area contributed by atoms with Gasteiger partial charge in [0.15, 0.2) is 0 Å². The lowest BCUT2D eigenvalue weighted by Crippen LogP contribution is -2.11. The summed E-state index contributed by atoms with van der Waals surface area (Å²) in [5, 5.41) is 9.94. The van der Waals surface area contributed by atoms with Crippen molar-refractivity contribution in [1.29, 1.82) is 0 Å². The normalized spacial score (nSPS) is 11.6. The van der Waals surface area contributed by atoms with Crippen molar-refractivity contribution >= 4 is 71.2 Å². The van der Waals surface area contributed by atoms with Gasteiger partial charge >= 0.3 is 0 Å². The first-order valence-electron chi connectivity index (χ1n) is 19.3. The van der Waals surface area contributed by atoms with Crippen molar-refractivity contribution in [1.82, 2.24) is 4.57 Å². The molecule has 56 heavy (non-hydrogen) atoms. The van der Waals surface area contributed by atoms with Crippen LogP contribution in [0.3, 0.4) is 0 Å². The quantitative estimate of drug-likeness (QED) is 0.167. The van der Waals surface area contributed by atoms with E-state index in [2.05, 4.69) is 228 Å². The molecule has 2 heteroatoms. The van der Waals surface area contributed by atoms with Gasteiger partial charge in [0.2, 0.25) is 0 Å². The molecule has 1 aromatic heterocycles. The first-order chi connectivity index (χ1) is 27.8. The Morgan fingerprint density at radius 2 is 0.857 bits per heavy atom. The fraction of sp³-hybridized carbons (Fsp3) is 0. The van der Waals surface area contributed by atoms with Gasteiger partial charge in [-0.1, -0.05) is 152 Å². The second kappa shape index (κ2) is 13.2. The van der Waals surface area contributed by atoms with E-state index in [1.165, 1.54) is 76.4 Å². The molecule has 2 nitrogen and oxygen atoms in total. The van der Waals surface area contributed by atoms with Gasteiger partial charge in [-0.2, -0.15) is 0 Å². The number of hydrogen-bond acceptors (Lipinski definition) is 1. The molecule has 0 spiro atoms. The Morgan fingerprint density at radius 1 is 0.304 bits per heavy atom. The van der Waals surface area contributed by atoms with Crippen molar-refractivity contribution in [2.75, 3.05) is 4.90 Å². The molecule has 10 aromatic carbocycles. The van der Waals surface area contributed by atoms with Crippen LogP contribution in [0.4, 0.5) is 17.1 Å². The van der Waals surface area contributed by atoms with Gasteiger partial charge in [0.25, 0.3) is 0 Å². The van der Waals surface area contributed by atoms with Crippen LogP contribution in [0.5, 0.6) is 0 Å². The molecule has 0 saturated carbocycles. The van der Waals surface area contributed by atoms with Crippen LogP contribution in [0.2, 0.25) is 0 Å². The maximum absolute atomic E-state index is 2.41. The minimum absolute atomic E-state index is 1.09. The van der Waals surface area contributed by atoms with Gasteiger partial charge in [0.1, 0.15) is 0 Å². The molecule has 0 radical (unpaired) electrons. The Labute approximate surface area is 325 Å². The minimum Gasteiger partial charge on any atom is -0.310 e. The van der Waals surface area contributed by atoms with Crippen LogP contribution in [0, 0.1) is 0 Å². The number of para-hydroxylation sites is 1. The molecule has 0 aliphatic rings. The highest BCUT2D eigenvalue weighted by atomic mass is 15.1. The molecule has 0 bridgehead atoms. The Hall–Kier alpha value is -7.42. The van der Waals surface area contributed by atoms with Gasteiger partial charge in [0, 0.05) is 33.2 Å². The van der Waals surface area contributed by atoms with E-state index in [-0.39, 0.29) is 0 Å². The number of nitrogens with zero attached hydrogens (tertiary/aromatic N) is 2. The fourth-order valence-electron chi connectivity index (χ4n) is 8.63. The van der Waals surface area contributed by atoms with Gasteiger partial charge < -0.3 is 9.47 Å². The molecule has 0 amide bonds. The number of rotatable bonds is 6. The molecular weight excluding hydrogens is 677 g/mol. The third-order valence-corrected chi connectivity index (χ3v) is 11.3. The highest BCUT2D eigenvalue weighted by molar-refractivity contribution is 6.14. The molecule has 11 rings (SSSR count). The highest BCUT2D eigenvalue weighted by Gasteiger charge is 2.19. The molecule has 0 aliphatic carbocycles. The van der Waals surface area contributed by atoms with Gasteiger partial charge in [-0.25, -0.2) is 0 Å². The van der Waals surface area contributed by atoms with Gasteiger partial charge in [0.05, 0.1) is 16.7 Å².